The van der Waals surface area contributed by atoms with E-state index in [4.69, 9.17) is 9.26 Å². The Bertz CT molecular complexity index is 630. The minimum atomic E-state index is -0.101. The van der Waals surface area contributed by atoms with E-state index in [9.17, 15) is 4.79 Å². The van der Waals surface area contributed by atoms with Gasteiger partial charge in [0.05, 0.1) is 31.0 Å². The third kappa shape index (κ3) is 4.31. The Morgan fingerprint density at radius 2 is 2.13 bits per heavy atom. The number of aromatic nitrogens is 2. The molecule has 1 amide bonds. The maximum atomic E-state index is 12.3. The van der Waals surface area contributed by atoms with Crippen LogP contribution in [0.5, 0.6) is 5.75 Å². The van der Waals surface area contributed by atoms with E-state index in [0.29, 0.717) is 18.1 Å². The lowest BCUT2D eigenvalue weighted by Crippen LogP contribution is -2.30. The highest BCUT2D eigenvalue weighted by Gasteiger charge is 2.21. The second-order valence-corrected chi connectivity index (χ2v) is 5.36. The highest BCUT2D eigenvalue weighted by atomic mass is 16.5. The summed E-state index contributed by atoms with van der Waals surface area (Å²) in [5.74, 6) is 1.38. The predicted octanol–water partition coefficient (Wildman–Crippen LogP) is 2.90. The molecule has 6 heteroatoms. The maximum absolute atomic E-state index is 12.3. The number of hydrogen-bond donors (Lipinski definition) is 1. The Kier molecular flexibility index (Phi) is 5.73. The Morgan fingerprint density at radius 1 is 1.35 bits per heavy atom. The number of hydrogen-bond acceptors (Lipinski definition) is 5. The molecule has 0 fully saturated rings. The first-order chi connectivity index (χ1) is 11.0. The van der Waals surface area contributed by atoms with Crippen LogP contribution < -0.4 is 10.1 Å². The molecule has 124 valence electrons. The van der Waals surface area contributed by atoms with Crippen LogP contribution in [0.1, 0.15) is 49.0 Å². The number of amides is 1. The number of carbonyl (C=O) groups excluding carboxylic acids is 1. The van der Waals surface area contributed by atoms with E-state index in [1.165, 1.54) is 0 Å². The number of ether oxygens (including phenoxy) is 1. The molecule has 0 aliphatic carbocycles. The Morgan fingerprint density at radius 3 is 2.65 bits per heavy atom. The summed E-state index contributed by atoms with van der Waals surface area (Å²) in [5, 5.41) is 6.98. The van der Waals surface area contributed by atoms with E-state index in [-0.39, 0.29) is 18.4 Å². The van der Waals surface area contributed by atoms with Crippen molar-refractivity contribution in [2.75, 3.05) is 6.61 Å². The topological polar surface area (TPSA) is 77.2 Å². The SMILES string of the molecule is CCOc1ccc(CC(=O)NC(CC)c2c(C)noc2C)nc1. The van der Waals surface area contributed by atoms with Crippen LogP contribution in [-0.4, -0.2) is 22.7 Å². The molecule has 0 aliphatic heterocycles. The lowest BCUT2D eigenvalue weighted by Gasteiger charge is -2.17. The molecule has 2 heterocycles. The molecule has 0 spiro atoms. The Hall–Kier alpha value is -2.37. The van der Waals surface area contributed by atoms with Crippen molar-refractivity contribution in [3.8, 4) is 5.75 Å². The first-order valence-corrected chi connectivity index (χ1v) is 7.85. The standard InChI is InChI=1S/C17H23N3O3/c1-5-15(17-11(3)20-23-12(17)4)19-16(21)9-13-7-8-14(10-18-13)22-6-2/h7-8,10,15H,5-6,9H2,1-4H3,(H,19,21). The maximum Gasteiger partial charge on any atom is 0.226 e. The molecule has 0 bridgehead atoms. The zero-order chi connectivity index (χ0) is 16.8. The van der Waals surface area contributed by atoms with Gasteiger partial charge >= 0.3 is 0 Å². The van der Waals surface area contributed by atoms with Gasteiger partial charge in [0.15, 0.2) is 0 Å². The van der Waals surface area contributed by atoms with Gasteiger partial charge in [-0.3, -0.25) is 9.78 Å². The molecular weight excluding hydrogens is 294 g/mol. The highest BCUT2D eigenvalue weighted by Crippen LogP contribution is 2.24. The van der Waals surface area contributed by atoms with E-state index in [0.717, 1.165) is 23.4 Å². The smallest absolute Gasteiger partial charge is 0.226 e. The zero-order valence-corrected chi connectivity index (χ0v) is 14.0. The zero-order valence-electron chi connectivity index (χ0n) is 14.0. The van der Waals surface area contributed by atoms with Crippen molar-refractivity contribution in [1.29, 1.82) is 0 Å². The molecule has 0 aromatic carbocycles. The fourth-order valence-corrected chi connectivity index (χ4v) is 2.54. The van der Waals surface area contributed by atoms with Gasteiger partial charge in [-0.15, -0.1) is 0 Å². The summed E-state index contributed by atoms with van der Waals surface area (Å²) in [4.78, 5) is 16.5. The van der Waals surface area contributed by atoms with Crippen LogP contribution >= 0.6 is 0 Å². The van der Waals surface area contributed by atoms with E-state index in [1.54, 1.807) is 12.3 Å². The van der Waals surface area contributed by atoms with Gasteiger partial charge in [-0.1, -0.05) is 12.1 Å². The van der Waals surface area contributed by atoms with Crippen molar-refractivity contribution in [3.63, 3.8) is 0 Å². The van der Waals surface area contributed by atoms with Gasteiger partial charge in [0.25, 0.3) is 0 Å². The van der Waals surface area contributed by atoms with Gasteiger partial charge < -0.3 is 14.6 Å². The van der Waals surface area contributed by atoms with Gasteiger partial charge in [-0.05, 0) is 39.3 Å². The molecule has 0 aliphatic rings. The third-order valence-corrected chi connectivity index (χ3v) is 3.63. The summed E-state index contributed by atoms with van der Waals surface area (Å²) in [5.41, 5.74) is 2.48. The van der Waals surface area contributed by atoms with E-state index in [1.807, 2.05) is 33.8 Å². The first-order valence-electron chi connectivity index (χ1n) is 7.85. The van der Waals surface area contributed by atoms with Crippen LogP contribution in [0.2, 0.25) is 0 Å². The lowest BCUT2D eigenvalue weighted by molar-refractivity contribution is -0.121. The summed E-state index contributed by atoms with van der Waals surface area (Å²) in [6.45, 7) is 8.27. The highest BCUT2D eigenvalue weighted by molar-refractivity contribution is 5.78. The van der Waals surface area contributed by atoms with Gasteiger partial charge in [0.1, 0.15) is 11.5 Å². The largest absolute Gasteiger partial charge is 0.492 e. The Balaban J connectivity index is 2.00. The van der Waals surface area contributed by atoms with Crippen molar-refractivity contribution in [1.82, 2.24) is 15.5 Å². The quantitative estimate of drug-likeness (QED) is 0.849. The number of nitrogens with zero attached hydrogens (tertiary/aromatic N) is 2. The van der Waals surface area contributed by atoms with Gasteiger partial charge in [0, 0.05) is 11.3 Å². The average Bonchev–Trinajstić information content (AvgIpc) is 2.86. The molecule has 2 rings (SSSR count). The summed E-state index contributed by atoms with van der Waals surface area (Å²) < 4.78 is 10.5. The molecule has 0 radical (unpaired) electrons. The molecule has 2 aromatic rings. The number of aryl methyl sites for hydroxylation is 2. The molecule has 1 unspecified atom stereocenters. The van der Waals surface area contributed by atoms with Crippen molar-refractivity contribution in [3.05, 3.63) is 41.0 Å². The van der Waals surface area contributed by atoms with Gasteiger partial charge in [-0.25, -0.2) is 0 Å². The number of nitrogens with one attached hydrogen (secondary N) is 1. The van der Waals surface area contributed by atoms with Crippen LogP contribution in [0, 0.1) is 13.8 Å². The molecule has 0 saturated heterocycles. The van der Waals surface area contributed by atoms with E-state index < -0.39 is 0 Å². The van der Waals surface area contributed by atoms with Gasteiger partial charge in [-0.2, -0.15) is 0 Å². The summed E-state index contributed by atoms with van der Waals surface area (Å²) in [6, 6.07) is 3.53. The van der Waals surface area contributed by atoms with Crippen molar-refractivity contribution >= 4 is 5.91 Å². The minimum Gasteiger partial charge on any atom is -0.492 e. The fraction of sp³-hybridized carbons (Fsp3) is 0.471. The number of pyridine rings is 1. The van der Waals surface area contributed by atoms with Crippen LogP contribution in [0.4, 0.5) is 0 Å². The molecule has 1 atom stereocenters. The van der Waals surface area contributed by atoms with Crippen molar-refractivity contribution in [2.45, 2.75) is 46.6 Å². The van der Waals surface area contributed by atoms with Crippen molar-refractivity contribution < 1.29 is 14.1 Å². The van der Waals surface area contributed by atoms with Crippen molar-refractivity contribution in [2.24, 2.45) is 0 Å². The second-order valence-electron chi connectivity index (χ2n) is 5.36. The molecule has 6 nitrogen and oxygen atoms in total. The predicted molar refractivity (Wildman–Crippen MR) is 86.3 cm³/mol. The Labute approximate surface area is 136 Å². The summed E-state index contributed by atoms with van der Waals surface area (Å²) >= 11 is 0. The lowest BCUT2D eigenvalue weighted by atomic mass is 10.0. The second kappa shape index (κ2) is 7.76. The fourth-order valence-electron chi connectivity index (χ4n) is 2.54. The van der Waals surface area contributed by atoms with Gasteiger partial charge in [0.2, 0.25) is 5.91 Å². The first kappa shape index (κ1) is 17.0. The van der Waals surface area contributed by atoms with Crippen LogP contribution in [0.3, 0.4) is 0 Å². The van der Waals surface area contributed by atoms with Crippen LogP contribution in [0.15, 0.2) is 22.9 Å². The summed E-state index contributed by atoms with van der Waals surface area (Å²) in [7, 11) is 0. The molecule has 2 aromatic heterocycles. The average molecular weight is 317 g/mol. The van der Waals surface area contributed by atoms with E-state index >= 15 is 0 Å². The number of rotatable bonds is 7. The molecular formula is C17H23N3O3. The molecule has 23 heavy (non-hydrogen) atoms. The number of carbonyl (C=O) groups is 1. The monoisotopic (exact) mass is 317 g/mol. The third-order valence-electron chi connectivity index (χ3n) is 3.63. The molecule has 0 saturated carbocycles. The normalized spacial score (nSPS) is 12.0. The van der Waals surface area contributed by atoms with Crippen LogP contribution in [0.25, 0.3) is 0 Å². The molecule has 1 N–H and O–H groups in total. The summed E-state index contributed by atoms with van der Waals surface area (Å²) in [6.07, 6.45) is 2.63. The minimum absolute atomic E-state index is 0.0755. The van der Waals surface area contributed by atoms with Crippen LogP contribution in [-0.2, 0) is 11.2 Å². The van der Waals surface area contributed by atoms with E-state index in [2.05, 4.69) is 15.5 Å².